The van der Waals surface area contributed by atoms with Crippen molar-refractivity contribution in [3.8, 4) is 0 Å². The molecular weight excluding hydrogens is 437 g/mol. The van der Waals surface area contributed by atoms with Crippen LogP contribution in [0.3, 0.4) is 0 Å². The average molecular weight is 461 g/mol. The van der Waals surface area contributed by atoms with Crippen molar-refractivity contribution in [3.05, 3.63) is 89.6 Å². The van der Waals surface area contributed by atoms with Gasteiger partial charge >= 0.3 is 0 Å². The monoisotopic (exact) mass is 461 g/mol. The number of nitrogens with zero attached hydrogens (tertiary/aromatic N) is 3. The van der Waals surface area contributed by atoms with Crippen LogP contribution in [0.1, 0.15) is 17.4 Å². The third-order valence-corrected chi connectivity index (χ3v) is 6.37. The summed E-state index contributed by atoms with van der Waals surface area (Å²) in [7, 11) is 2.09. The largest absolute Gasteiger partial charge is 0.507 e. The molecule has 0 spiro atoms. The van der Waals surface area contributed by atoms with Crippen LogP contribution in [-0.2, 0) is 9.59 Å². The van der Waals surface area contributed by atoms with Gasteiger partial charge in [-0.15, -0.1) is 0 Å². The number of anilines is 2. The minimum atomic E-state index is -0.950. The lowest BCUT2D eigenvalue weighted by Crippen LogP contribution is -2.44. The van der Waals surface area contributed by atoms with Crippen molar-refractivity contribution in [3.63, 3.8) is 0 Å². The highest BCUT2D eigenvalue weighted by Crippen LogP contribution is 2.42. The molecule has 0 radical (unpaired) electrons. The highest BCUT2D eigenvalue weighted by Gasteiger charge is 2.48. The predicted octanol–water partition coefficient (Wildman–Crippen LogP) is 3.80. The molecule has 5 rings (SSSR count). The number of benzene rings is 2. The van der Waals surface area contributed by atoms with E-state index in [4.69, 9.17) is 4.42 Å². The van der Waals surface area contributed by atoms with E-state index in [-0.39, 0.29) is 16.9 Å². The summed E-state index contributed by atoms with van der Waals surface area (Å²) in [5.74, 6) is -2.11. The average Bonchev–Trinajstić information content (AvgIpc) is 3.47. The van der Waals surface area contributed by atoms with Gasteiger partial charge in [0, 0.05) is 43.1 Å². The second-order valence-electron chi connectivity index (χ2n) is 8.50. The van der Waals surface area contributed by atoms with Gasteiger partial charge in [-0.1, -0.05) is 0 Å². The number of halogens is 1. The summed E-state index contributed by atoms with van der Waals surface area (Å²) < 4.78 is 19.0. The fourth-order valence-electron chi connectivity index (χ4n) is 4.47. The molecule has 0 saturated carbocycles. The van der Waals surface area contributed by atoms with Gasteiger partial charge in [0.05, 0.1) is 11.8 Å². The second-order valence-corrected chi connectivity index (χ2v) is 8.50. The van der Waals surface area contributed by atoms with Crippen molar-refractivity contribution in [2.45, 2.75) is 6.04 Å². The molecule has 2 aromatic carbocycles. The lowest BCUT2D eigenvalue weighted by molar-refractivity contribution is -0.132. The number of likely N-dealkylation sites (N-methyl/N-ethyl adjacent to an activating group) is 1. The number of piperazine rings is 1. The van der Waals surface area contributed by atoms with Gasteiger partial charge in [-0.25, -0.2) is 4.39 Å². The number of Topliss-reactive ketones (excluding diaryl/α,β-unsaturated/α-hetero) is 1. The number of aliphatic hydroxyl groups is 1. The number of amides is 1. The lowest BCUT2D eigenvalue weighted by Gasteiger charge is -2.34. The van der Waals surface area contributed by atoms with Gasteiger partial charge in [0.25, 0.3) is 11.7 Å². The van der Waals surface area contributed by atoms with Gasteiger partial charge in [0.2, 0.25) is 0 Å². The van der Waals surface area contributed by atoms with E-state index in [0.717, 1.165) is 31.9 Å². The summed E-state index contributed by atoms with van der Waals surface area (Å²) in [5, 5.41) is 11.0. The second kappa shape index (κ2) is 8.79. The number of furan rings is 1. The predicted molar refractivity (Wildman–Crippen MR) is 126 cm³/mol. The summed E-state index contributed by atoms with van der Waals surface area (Å²) in [5.41, 5.74) is 1.69. The Morgan fingerprint density at radius 2 is 1.59 bits per heavy atom. The number of rotatable bonds is 4. The van der Waals surface area contributed by atoms with Crippen molar-refractivity contribution in [1.82, 2.24) is 4.90 Å². The van der Waals surface area contributed by atoms with Crippen molar-refractivity contribution < 1.29 is 23.5 Å². The molecule has 2 saturated heterocycles. The molecule has 3 aromatic rings. The molecule has 2 fully saturated rings. The maximum absolute atomic E-state index is 13.4. The SMILES string of the molecule is CN1CCN(c2ccc(N3C(=O)C(=O)/C(=C(\O)c4ccc(F)cc4)C3c3ccco3)cc2)CC1. The van der Waals surface area contributed by atoms with E-state index >= 15 is 0 Å². The molecule has 2 aliphatic rings. The van der Waals surface area contributed by atoms with E-state index in [0.29, 0.717) is 11.4 Å². The number of aliphatic hydroxyl groups excluding tert-OH is 1. The van der Waals surface area contributed by atoms with Crippen LogP contribution in [0, 0.1) is 5.82 Å². The van der Waals surface area contributed by atoms with Gasteiger partial charge < -0.3 is 19.3 Å². The first kappa shape index (κ1) is 21.9. The standard InChI is InChI=1S/C26H24FN3O4/c1-28-12-14-29(15-13-28)19-8-10-20(11-9-19)30-23(21-3-2-16-34-21)22(25(32)26(30)33)24(31)17-4-6-18(27)7-5-17/h2-11,16,23,31H,12-15H2,1H3/b24-22-. The van der Waals surface area contributed by atoms with Crippen molar-refractivity contribution in [2.24, 2.45) is 0 Å². The molecule has 8 heteroatoms. The van der Waals surface area contributed by atoms with Crippen molar-refractivity contribution in [1.29, 1.82) is 0 Å². The Balaban J connectivity index is 1.54. The number of ketones is 1. The zero-order valence-corrected chi connectivity index (χ0v) is 18.6. The van der Waals surface area contributed by atoms with E-state index in [1.54, 1.807) is 24.3 Å². The van der Waals surface area contributed by atoms with Crippen LogP contribution in [-0.4, -0.2) is 54.9 Å². The Morgan fingerprint density at radius 3 is 2.21 bits per heavy atom. The van der Waals surface area contributed by atoms with Gasteiger partial charge in [-0.05, 0) is 67.7 Å². The van der Waals surface area contributed by atoms with E-state index < -0.39 is 23.5 Å². The molecule has 0 bridgehead atoms. The zero-order valence-electron chi connectivity index (χ0n) is 18.6. The molecule has 1 N–H and O–H groups in total. The smallest absolute Gasteiger partial charge is 0.300 e. The van der Waals surface area contributed by atoms with E-state index in [9.17, 15) is 19.1 Å². The third-order valence-electron chi connectivity index (χ3n) is 6.37. The zero-order chi connectivity index (χ0) is 23.8. The number of carbonyl (C=O) groups excluding carboxylic acids is 2. The van der Waals surface area contributed by atoms with Crippen LogP contribution >= 0.6 is 0 Å². The van der Waals surface area contributed by atoms with Crippen LogP contribution < -0.4 is 9.80 Å². The van der Waals surface area contributed by atoms with Gasteiger partial charge in [-0.2, -0.15) is 0 Å². The normalized spacial score (nSPS) is 20.8. The minimum absolute atomic E-state index is 0.102. The fraction of sp³-hybridized carbons (Fsp3) is 0.231. The van der Waals surface area contributed by atoms with Crippen molar-refractivity contribution in [2.75, 3.05) is 43.0 Å². The number of carbonyl (C=O) groups is 2. The molecule has 1 amide bonds. The fourth-order valence-corrected chi connectivity index (χ4v) is 4.47. The topological polar surface area (TPSA) is 77.2 Å². The first-order chi connectivity index (χ1) is 16.4. The minimum Gasteiger partial charge on any atom is -0.507 e. The molecule has 174 valence electrons. The van der Waals surface area contributed by atoms with Crippen LogP contribution in [0.25, 0.3) is 5.76 Å². The van der Waals surface area contributed by atoms with Crippen LogP contribution in [0.15, 0.2) is 76.9 Å². The summed E-state index contributed by atoms with van der Waals surface area (Å²) >= 11 is 0. The summed E-state index contributed by atoms with van der Waals surface area (Å²) in [6.45, 7) is 3.76. The molecule has 1 atom stereocenters. The van der Waals surface area contributed by atoms with Gasteiger partial charge in [-0.3, -0.25) is 14.5 Å². The van der Waals surface area contributed by atoms with E-state index in [2.05, 4.69) is 16.8 Å². The van der Waals surface area contributed by atoms with Gasteiger partial charge in [0.1, 0.15) is 23.4 Å². The highest BCUT2D eigenvalue weighted by molar-refractivity contribution is 6.51. The maximum atomic E-state index is 13.4. The highest BCUT2D eigenvalue weighted by atomic mass is 19.1. The molecule has 1 unspecified atom stereocenters. The van der Waals surface area contributed by atoms with Crippen LogP contribution in [0.2, 0.25) is 0 Å². The molecular formula is C26H24FN3O4. The van der Waals surface area contributed by atoms with Gasteiger partial charge in [0.15, 0.2) is 0 Å². The Labute approximate surface area is 196 Å². The number of hydrogen-bond acceptors (Lipinski definition) is 6. The third kappa shape index (κ3) is 3.86. The summed E-state index contributed by atoms with van der Waals surface area (Å²) in [6, 6.07) is 14.9. The van der Waals surface area contributed by atoms with E-state index in [1.165, 1.54) is 35.4 Å². The Bertz CT molecular complexity index is 1230. The molecule has 2 aliphatic heterocycles. The molecule has 34 heavy (non-hydrogen) atoms. The Morgan fingerprint density at radius 1 is 0.941 bits per heavy atom. The maximum Gasteiger partial charge on any atom is 0.300 e. The quantitative estimate of drug-likeness (QED) is 0.362. The first-order valence-electron chi connectivity index (χ1n) is 11.1. The Kier molecular flexibility index (Phi) is 5.67. The number of hydrogen-bond donors (Lipinski definition) is 1. The first-order valence-corrected chi connectivity index (χ1v) is 11.1. The Hall–Kier alpha value is -3.91. The molecule has 3 heterocycles. The lowest BCUT2D eigenvalue weighted by atomic mass is 9.99. The van der Waals surface area contributed by atoms with Crippen LogP contribution in [0.4, 0.5) is 15.8 Å². The molecule has 1 aromatic heterocycles. The summed E-state index contributed by atoms with van der Waals surface area (Å²) in [6.07, 6.45) is 1.45. The van der Waals surface area contributed by atoms with Crippen molar-refractivity contribution >= 4 is 28.8 Å². The van der Waals surface area contributed by atoms with Crippen LogP contribution in [0.5, 0.6) is 0 Å². The molecule has 0 aliphatic carbocycles. The van der Waals surface area contributed by atoms with E-state index in [1.807, 2.05) is 12.1 Å². The summed E-state index contributed by atoms with van der Waals surface area (Å²) in [4.78, 5) is 32.1. The molecule has 7 nitrogen and oxygen atoms in total.